The van der Waals surface area contributed by atoms with Crippen LogP contribution in [0.4, 0.5) is 0 Å². The smallest absolute Gasteiger partial charge is 0.264 e. The van der Waals surface area contributed by atoms with Crippen LogP contribution >= 0.6 is 23.2 Å². The van der Waals surface area contributed by atoms with Gasteiger partial charge in [0.15, 0.2) is 6.54 Å². The fourth-order valence-electron chi connectivity index (χ4n) is 2.85. The van der Waals surface area contributed by atoms with Gasteiger partial charge in [-0.25, -0.2) is 4.57 Å². The quantitative estimate of drug-likeness (QED) is 0.773. The van der Waals surface area contributed by atoms with Crippen molar-refractivity contribution in [2.45, 2.75) is 38.2 Å². The average molecular weight is 357 g/mol. The first-order valence-corrected chi connectivity index (χ1v) is 8.43. The largest absolute Gasteiger partial charge is 0.341 e. The van der Waals surface area contributed by atoms with Gasteiger partial charge >= 0.3 is 0 Å². The lowest BCUT2D eigenvalue weighted by Crippen LogP contribution is -2.35. The topological polar surface area (TPSA) is 40.2 Å². The molecule has 1 aliphatic heterocycles. The van der Waals surface area contributed by atoms with Crippen molar-refractivity contribution in [1.29, 1.82) is 0 Å². The van der Waals surface area contributed by atoms with Crippen LogP contribution in [0.2, 0.25) is 10.0 Å². The maximum atomic E-state index is 6.42. The van der Waals surface area contributed by atoms with Gasteiger partial charge in [-0.15, -0.1) is 4.68 Å². The number of aromatic nitrogens is 3. The van der Waals surface area contributed by atoms with Gasteiger partial charge in [-0.05, 0) is 18.6 Å². The van der Waals surface area contributed by atoms with Gasteiger partial charge in [-0.1, -0.05) is 42.6 Å². The first-order chi connectivity index (χ1) is 11.0. The molecule has 0 aliphatic carbocycles. The number of rotatable bonds is 5. The Kier molecular flexibility index (Phi) is 4.92. The highest BCUT2D eigenvalue weighted by Gasteiger charge is 2.46. The highest BCUT2D eigenvalue weighted by Crippen LogP contribution is 2.41. The summed E-state index contributed by atoms with van der Waals surface area (Å²) in [4.78, 5) is 0. The number of hydrogen-bond acceptors (Lipinski definition) is 3. The van der Waals surface area contributed by atoms with Crippen LogP contribution in [-0.2, 0) is 28.9 Å². The van der Waals surface area contributed by atoms with E-state index >= 15 is 0 Å². The lowest BCUT2D eigenvalue weighted by Gasteiger charge is -2.27. The molecular weight excluding hydrogens is 337 g/mol. The second-order valence-corrected chi connectivity index (χ2v) is 6.67. The molecule has 1 fully saturated rings. The highest BCUT2D eigenvalue weighted by atomic mass is 35.5. The van der Waals surface area contributed by atoms with Crippen molar-refractivity contribution in [3.63, 3.8) is 0 Å². The monoisotopic (exact) mass is 356 g/mol. The minimum atomic E-state index is -0.944. The molecule has 124 valence electrons. The maximum Gasteiger partial charge on any atom is 0.264 e. The average Bonchev–Trinajstić information content (AvgIpc) is 3.07. The molecule has 0 radical (unpaired) electrons. The Morgan fingerprint density at radius 1 is 1.43 bits per heavy atom. The van der Waals surface area contributed by atoms with E-state index < -0.39 is 5.79 Å². The van der Waals surface area contributed by atoms with Gasteiger partial charge in [-0.2, -0.15) is 0 Å². The zero-order valence-electron chi connectivity index (χ0n) is 13.2. The van der Waals surface area contributed by atoms with E-state index in [9.17, 15) is 0 Å². The second-order valence-electron chi connectivity index (χ2n) is 5.83. The Bertz CT molecular complexity index is 692. The Morgan fingerprint density at radius 2 is 2.26 bits per heavy atom. The lowest BCUT2D eigenvalue weighted by atomic mass is 10.1. The van der Waals surface area contributed by atoms with Crippen molar-refractivity contribution < 1.29 is 14.0 Å². The van der Waals surface area contributed by atoms with Gasteiger partial charge in [0.1, 0.15) is 0 Å². The van der Waals surface area contributed by atoms with E-state index in [2.05, 4.69) is 12.0 Å². The molecule has 7 heteroatoms. The fraction of sp³-hybridized carbons (Fsp3) is 0.500. The zero-order valence-corrected chi connectivity index (χ0v) is 14.7. The van der Waals surface area contributed by atoms with E-state index in [0.717, 1.165) is 18.4 Å². The normalized spacial score (nSPS) is 24.3. The molecule has 23 heavy (non-hydrogen) atoms. The molecule has 2 aromatic rings. The van der Waals surface area contributed by atoms with Crippen molar-refractivity contribution in [3.8, 4) is 0 Å². The summed E-state index contributed by atoms with van der Waals surface area (Å²) < 4.78 is 16.1. The Hall–Kier alpha value is -1.14. The van der Waals surface area contributed by atoms with Crippen LogP contribution in [-0.4, -0.2) is 22.5 Å². The van der Waals surface area contributed by atoms with Crippen LogP contribution in [0.3, 0.4) is 0 Å². The third-order valence-electron chi connectivity index (χ3n) is 3.88. The van der Waals surface area contributed by atoms with E-state index in [-0.39, 0.29) is 6.10 Å². The van der Waals surface area contributed by atoms with Gasteiger partial charge in [0.25, 0.3) is 6.33 Å². The Labute approximate surface area is 145 Å². The molecule has 0 spiro atoms. The summed E-state index contributed by atoms with van der Waals surface area (Å²) in [6, 6.07) is 5.37. The first kappa shape index (κ1) is 16.7. The van der Waals surface area contributed by atoms with Crippen LogP contribution in [0.15, 0.2) is 30.9 Å². The zero-order chi connectivity index (χ0) is 16.4. The summed E-state index contributed by atoms with van der Waals surface area (Å²) in [5, 5.41) is 5.44. The number of ether oxygens (including phenoxy) is 2. The fourth-order valence-corrected chi connectivity index (χ4v) is 3.40. The van der Waals surface area contributed by atoms with Gasteiger partial charge < -0.3 is 9.47 Å². The van der Waals surface area contributed by atoms with E-state index in [0.29, 0.717) is 23.2 Å². The third kappa shape index (κ3) is 3.53. The summed E-state index contributed by atoms with van der Waals surface area (Å²) in [5.41, 5.74) is 0.778. The van der Waals surface area contributed by atoms with Crippen molar-refractivity contribution in [3.05, 3.63) is 46.5 Å². The van der Waals surface area contributed by atoms with Gasteiger partial charge in [0.2, 0.25) is 12.1 Å². The van der Waals surface area contributed by atoms with Crippen LogP contribution in [0, 0.1) is 0 Å². The molecule has 1 aromatic heterocycles. The van der Waals surface area contributed by atoms with E-state index in [1.54, 1.807) is 23.1 Å². The van der Waals surface area contributed by atoms with Crippen molar-refractivity contribution in [2.75, 3.05) is 6.61 Å². The molecule has 3 rings (SSSR count). The number of benzene rings is 1. The summed E-state index contributed by atoms with van der Waals surface area (Å²) in [6.07, 6.45) is 5.65. The lowest BCUT2D eigenvalue weighted by molar-refractivity contribution is -0.672. The summed E-state index contributed by atoms with van der Waals surface area (Å²) >= 11 is 12.4. The number of nitrogens with zero attached hydrogens (tertiary/aromatic N) is 3. The molecule has 1 aromatic carbocycles. The van der Waals surface area contributed by atoms with Crippen LogP contribution in [0.1, 0.15) is 25.3 Å². The number of hydrogen-bond donors (Lipinski definition) is 0. The molecule has 0 N–H and O–H groups in total. The predicted octanol–water partition coefficient (Wildman–Crippen LogP) is 3.08. The summed E-state index contributed by atoms with van der Waals surface area (Å²) in [7, 11) is 1.92. The second kappa shape index (κ2) is 6.77. The molecule has 0 bridgehead atoms. The van der Waals surface area contributed by atoms with Gasteiger partial charge in [-0.3, -0.25) is 0 Å². The van der Waals surface area contributed by atoms with Crippen LogP contribution < -0.4 is 4.57 Å². The summed E-state index contributed by atoms with van der Waals surface area (Å²) in [5.74, 6) is -0.944. The Morgan fingerprint density at radius 3 is 2.91 bits per heavy atom. The van der Waals surface area contributed by atoms with Gasteiger partial charge in [0.05, 0.1) is 24.8 Å². The van der Waals surface area contributed by atoms with E-state index in [1.807, 2.05) is 24.0 Å². The molecule has 0 amide bonds. The molecule has 5 nitrogen and oxygen atoms in total. The Balaban J connectivity index is 1.96. The van der Waals surface area contributed by atoms with Crippen molar-refractivity contribution in [2.24, 2.45) is 7.05 Å². The standard InChI is InChI=1S/C16H20Cl2N3O2/c1-3-4-13-8-22-16(23-13,9-21-11-20(2)10-19-21)14-6-5-12(17)7-15(14)18/h5-7,10-11,13H,3-4,8-9H2,1-2H3/q+1/t13-,16+/m0/s1. The predicted molar refractivity (Wildman–Crippen MR) is 87.3 cm³/mol. The highest BCUT2D eigenvalue weighted by molar-refractivity contribution is 6.35. The van der Waals surface area contributed by atoms with Crippen molar-refractivity contribution >= 4 is 23.2 Å². The van der Waals surface area contributed by atoms with Gasteiger partial charge in [0, 0.05) is 15.7 Å². The SMILES string of the molecule is CCC[C@H]1CO[C@@](Cn2c[n+](C)cn2)(c2ccc(Cl)cc2Cl)O1. The van der Waals surface area contributed by atoms with Crippen LogP contribution in [0.25, 0.3) is 0 Å². The molecule has 2 atom stereocenters. The first-order valence-electron chi connectivity index (χ1n) is 7.67. The van der Waals surface area contributed by atoms with Crippen LogP contribution in [0.5, 0.6) is 0 Å². The minimum absolute atomic E-state index is 0.0519. The molecule has 0 unspecified atom stereocenters. The third-order valence-corrected chi connectivity index (χ3v) is 4.43. The van der Waals surface area contributed by atoms with E-state index in [1.165, 1.54) is 0 Å². The molecule has 0 saturated carbocycles. The number of aryl methyl sites for hydroxylation is 1. The molecule has 1 aliphatic rings. The molecule has 2 heterocycles. The number of halogens is 2. The minimum Gasteiger partial charge on any atom is -0.341 e. The van der Waals surface area contributed by atoms with E-state index in [4.69, 9.17) is 32.7 Å². The van der Waals surface area contributed by atoms with Crippen molar-refractivity contribution in [1.82, 2.24) is 9.78 Å². The molecular formula is C16H20Cl2N3O2+. The maximum absolute atomic E-state index is 6.42. The summed E-state index contributed by atoms with van der Waals surface area (Å²) in [6.45, 7) is 3.10. The molecule has 1 saturated heterocycles.